The fourth-order valence-electron chi connectivity index (χ4n) is 5.66. The lowest BCUT2D eigenvalue weighted by Crippen LogP contribution is -2.61. The first-order valence-corrected chi connectivity index (χ1v) is 12.8. The number of carboxylic acid groups (broad SMARTS) is 1. The molecule has 0 radical (unpaired) electrons. The van der Waals surface area contributed by atoms with Gasteiger partial charge in [-0.05, 0) is 37.0 Å². The van der Waals surface area contributed by atoms with E-state index >= 15 is 0 Å². The highest BCUT2D eigenvalue weighted by Crippen LogP contribution is 2.38. The number of piperazine rings is 1. The first-order valence-electron chi connectivity index (χ1n) is 12.8. The molecule has 2 aromatic rings. The number of anilines is 2. The van der Waals surface area contributed by atoms with Crippen molar-refractivity contribution < 1.29 is 45.0 Å². The van der Waals surface area contributed by atoms with Crippen LogP contribution < -0.4 is 10.6 Å². The van der Waals surface area contributed by atoms with Crippen LogP contribution in [0.5, 0.6) is 0 Å². The minimum Gasteiger partial charge on any atom is -0.475 e. The fourth-order valence-corrected chi connectivity index (χ4v) is 5.66. The molecule has 41 heavy (non-hydrogen) atoms. The predicted molar refractivity (Wildman–Crippen MR) is 130 cm³/mol. The Morgan fingerprint density at radius 3 is 2.17 bits per heavy atom. The molecule has 17 heteroatoms. The molecule has 3 aliphatic heterocycles. The summed E-state index contributed by atoms with van der Waals surface area (Å²) in [5.74, 6) is -4.65. The van der Waals surface area contributed by atoms with Gasteiger partial charge >= 0.3 is 18.3 Å². The number of piperidine rings is 1. The summed E-state index contributed by atoms with van der Waals surface area (Å²) in [7, 11) is 0. The molecule has 0 bridgehead atoms. The average molecular weight is 600 g/mol. The molecule has 0 aliphatic carbocycles. The Hall–Kier alpha value is -3.21. The van der Waals surface area contributed by atoms with Crippen LogP contribution in [0.3, 0.4) is 0 Å². The number of rotatable bonds is 4. The molecule has 3 fully saturated rings. The topological polar surface area (TPSA) is 115 Å². The molecule has 228 valence electrons. The molecular formula is C24H29F8N7O2. The summed E-state index contributed by atoms with van der Waals surface area (Å²) in [5.41, 5.74) is 5.73. The van der Waals surface area contributed by atoms with E-state index in [-0.39, 0.29) is 37.0 Å². The van der Waals surface area contributed by atoms with E-state index in [1.165, 1.54) is 12.1 Å². The van der Waals surface area contributed by atoms with Crippen LogP contribution in [-0.2, 0) is 17.4 Å². The third-order valence-corrected chi connectivity index (χ3v) is 7.52. The van der Waals surface area contributed by atoms with Crippen molar-refractivity contribution in [2.45, 2.75) is 62.1 Å². The lowest BCUT2D eigenvalue weighted by molar-refractivity contribution is -0.192. The van der Waals surface area contributed by atoms with E-state index in [4.69, 9.17) is 15.6 Å². The average Bonchev–Trinajstić information content (AvgIpc) is 3.44. The molecule has 2 atom stereocenters. The van der Waals surface area contributed by atoms with Crippen LogP contribution in [0.2, 0.25) is 0 Å². The zero-order chi connectivity index (χ0) is 30.2. The van der Waals surface area contributed by atoms with Gasteiger partial charge in [0, 0.05) is 50.7 Å². The van der Waals surface area contributed by atoms with Crippen molar-refractivity contribution in [2.24, 2.45) is 0 Å². The number of alkyl halides is 8. The highest BCUT2D eigenvalue weighted by atomic mass is 19.4. The second kappa shape index (κ2) is 11.6. The number of carbonyl (C=O) groups is 1. The van der Waals surface area contributed by atoms with Gasteiger partial charge in [0.05, 0.1) is 12.1 Å². The number of carboxylic acids is 1. The number of nitrogens with zero attached hydrogens (tertiary/aromatic N) is 5. The molecule has 9 nitrogen and oxygen atoms in total. The van der Waals surface area contributed by atoms with Crippen LogP contribution in [0.25, 0.3) is 0 Å². The zero-order valence-corrected chi connectivity index (χ0v) is 21.6. The maximum Gasteiger partial charge on any atom is 0.490 e. The number of aromatic amines is 1. The van der Waals surface area contributed by atoms with Crippen molar-refractivity contribution in [3.63, 3.8) is 0 Å². The minimum atomic E-state index is -5.08. The number of aliphatic carboxylic acids is 1. The highest BCUT2D eigenvalue weighted by molar-refractivity contribution is 5.73. The van der Waals surface area contributed by atoms with E-state index in [1.807, 2.05) is 9.80 Å². The van der Waals surface area contributed by atoms with Crippen LogP contribution in [0, 0.1) is 0 Å². The first kappa shape index (κ1) is 30.7. The van der Waals surface area contributed by atoms with Gasteiger partial charge in [-0.2, -0.15) is 31.3 Å². The quantitative estimate of drug-likeness (QED) is 0.457. The van der Waals surface area contributed by atoms with Crippen molar-refractivity contribution in [1.82, 2.24) is 25.0 Å². The van der Waals surface area contributed by atoms with Gasteiger partial charge in [0.25, 0.3) is 5.92 Å². The SMILES string of the molecule is Nc1nc(N2CCC(N3C[C@@H]4CC(F)(F)CN4C[C@@H]3Cc3ccc(C(F)(F)F)cc3)CC2)n[nH]1.O=C(O)C(F)(F)F. The molecule has 0 amide bonds. The summed E-state index contributed by atoms with van der Waals surface area (Å²) in [4.78, 5) is 19.3. The molecule has 0 unspecified atom stereocenters. The fraction of sp³-hybridized carbons (Fsp3) is 0.625. The largest absolute Gasteiger partial charge is 0.490 e. The van der Waals surface area contributed by atoms with Crippen molar-refractivity contribution >= 4 is 17.9 Å². The Morgan fingerprint density at radius 2 is 1.66 bits per heavy atom. The number of hydrogen-bond acceptors (Lipinski definition) is 7. The predicted octanol–water partition coefficient (Wildman–Crippen LogP) is 3.64. The molecule has 4 heterocycles. The number of hydrogen-bond donors (Lipinski definition) is 3. The summed E-state index contributed by atoms with van der Waals surface area (Å²) < 4.78 is 98.9. The number of fused-ring (bicyclic) bond motifs is 1. The number of aromatic nitrogens is 3. The number of nitrogen functional groups attached to an aromatic ring is 1. The number of benzene rings is 1. The second-order valence-electron chi connectivity index (χ2n) is 10.4. The van der Waals surface area contributed by atoms with E-state index in [1.54, 1.807) is 0 Å². The Morgan fingerprint density at radius 1 is 1.05 bits per heavy atom. The van der Waals surface area contributed by atoms with Crippen molar-refractivity contribution in [3.05, 3.63) is 35.4 Å². The molecule has 0 saturated carbocycles. The summed E-state index contributed by atoms with van der Waals surface area (Å²) >= 11 is 0. The second-order valence-corrected chi connectivity index (χ2v) is 10.4. The van der Waals surface area contributed by atoms with E-state index in [9.17, 15) is 35.1 Å². The molecular weight excluding hydrogens is 570 g/mol. The lowest BCUT2D eigenvalue weighted by atomic mass is 9.93. The van der Waals surface area contributed by atoms with Crippen LogP contribution in [0.15, 0.2) is 24.3 Å². The molecule has 5 rings (SSSR count). The van der Waals surface area contributed by atoms with Gasteiger partial charge < -0.3 is 15.7 Å². The molecule has 1 aromatic heterocycles. The monoisotopic (exact) mass is 599 g/mol. The molecule has 3 aliphatic rings. The van der Waals surface area contributed by atoms with Crippen molar-refractivity contribution in [2.75, 3.05) is 43.4 Å². The van der Waals surface area contributed by atoms with E-state index in [0.717, 1.165) is 43.6 Å². The number of halogens is 8. The van der Waals surface area contributed by atoms with Crippen LogP contribution in [0.4, 0.5) is 47.0 Å². The Labute approximate surface area is 229 Å². The van der Waals surface area contributed by atoms with Gasteiger partial charge in [-0.3, -0.25) is 9.80 Å². The maximum absolute atomic E-state index is 14.2. The normalized spacial score (nSPS) is 24.0. The van der Waals surface area contributed by atoms with E-state index in [2.05, 4.69) is 20.1 Å². The van der Waals surface area contributed by atoms with Crippen LogP contribution >= 0.6 is 0 Å². The van der Waals surface area contributed by atoms with E-state index in [0.29, 0.717) is 25.5 Å². The molecule has 3 saturated heterocycles. The van der Waals surface area contributed by atoms with Gasteiger partial charge in [-0.15, -0.1) is 5.10 Å². The highest BCUT2D eigenvalue weighted by Gasteiger charge is 2.50. The van der Waals surface area contributed by atoms with Gasteiger partial charge in [0.1, 0.15) is 0 Å². The van der Waals surface area contributed by atoms with Crippen LogP contribution in [-0.4, -0.2) is 99.0 Å². The third-order valence-electron chi connectivity index (χ3n) is 7.52. The molecule has 4 N–H and O–H groups in total. The minimum absolute atomic E-state index is 0.0439. The van der Waals surface area contributed by atoms with Crippen molar-refractivity contribution in [1.29, 1.82) is 0 Å². The standard InChI is InChI=1S/C22H28F5N7.C2HF3O2/c23-21(24)10-18-12-34(16-5-7-32(8-6-16)20-29-19(28)30-31-20)17(11-33(18)13-21)9-14-1-3-15(4-2-14)22(25,26)27;3-2(4,5)1(6)7/h1-4,16-18H,5-13H2,(H3,28,29,30,31);(H,6,7)/t17-,18-;/m0./s1. The van der Waals surface area contributed by atoms with Crippen molar-refractivity contribution in [3.8, 4) is 0 Å². The zero-order valence-electron chi connectivity index (χ0n) is 21.6. The maximum atomic E-state index is 14.2. The summed E-state index contributed by atoms with van der Waals surface area (Å²) in [6.45, 7) is 2.21. The molecule has 1 aromatic carbocycles. The van der Waals surface area contributed by atoms with E-state index < -0.39 is 29.8 Å². The summed E-state index contributed by atoms with van der Waals surface area (Å²) in [6.07, 6.45) is -7.45. The van der Waals surface area contributed by atoms with Gasteiger partial charge in [0.15, 0.2) is 0 Å². The third kappa shape index (κ3) is 7.75. The first-order chi connectivity index (χ1) is 19.0. The summed E-state index contributed by atoms with van der Waals surface area (Å²) in [5, 5.41) is 13.9. The Balaban J connectivity index is 0.000000493. The smallest absolute Gasteiger partial charge is 0.475 e. The van der Waals surface area contributed by atoms with Crippen LogP contribution in [0.1, 0.15) is 30.4 Å². The lowest BCUT2D eigenvalue weighted by Gasteiger charge is -2.49. The molecule has 0 spiro atoms. The summed E-state index contributed by atoms with van der Waals surface area (Å²) in [6, 6.07) is 5.14. The number of nitrogens with one attached hydrogen (secondary N) is 1. The Kier molecular flexibility index (Phi) is 8.68. The number of H-pyrrole nitrogens is 1. The Bertz CT molecular complexity index is 1180. The van der Waals surface area contributed by atoms with Gasteiger partial charge in [-0.1, -0.05) is 12.1 Å². The van der Waals surface area contributed by atoms with Gasteiger partial charge in [-0.25, -0.2) is 18.7 Å². The number of nitrogens with two attached hydrogens (primary N) is 1. The van der Waals surface area contributed by atoms with Gasteiger partial charge in [0.2, 0.25) is 11.9 Å².